The van der Waals surface area contributed by atoms with Gasteiger partial charge in [0.25, 0.3) is 0 Å². The third-order valence-corrected chi connectivity index (χ3v) is 4.49. The van der Waals surface area contributed by atoms with E-state index in [1.165, 1.54) is 29.3 Å². The minimum Gasteiger partial charge on any atom is -0.456 e. The van der Waals surface area contributed by atoms with E-state index >= 15 is 0 Å². The van der Waals surface area contributed by atoms with Gasteiger partial charge in [-0.1, -0.05) is 12.1 Å². The zero-order chi connectivity index (χ0) is 21.9. The predicted octanol–water partition coefficient (Wildman–Crippen LogP) is 4.53. The summed E-state index contributed by atoms with van der Waals surface area (Å²) in [6, 6.07) is 16.4. The van der Waals surface area contributed by atoms with Gasteiger partial charge in [-0.05, 0) is 36.4 Å². The summed E-state index contributed by atoms with van der Waals surface area (Å²) in [5, 5.41) is 8.89. The highest BCUT2D eigenvalue weighted by atomic mass is 19.1. The molecule has 0 spiro atoms. The Morgan fingerprint density at radius 1 is 0.938 bits per heavy atom. The summed E-state index contributed by atoms with van der Waals surface area (Å²) in [5.41, 5.74) is 1.87. The number of benzene rings is 2. The molecule has 9 heteroatoms. The number of nitriles is 1. The van der Waals surface area contributed by atoms with Crippen LogP contribution in [0.2, 0.25) is 0 Å². The summed E-state index contributed by atoms with van der Waals surface area (Å²) in [6.45, 7) is 0. The van der Waals surface area contributed by atoms with E-state index in [1.807, 2.05) is 6.07 Å². The lowest BCUT2D eigenvalue weighted by molar-refractivity contribution is 0.220. The molecular formula is C23H13FN6O2. The molecule has 0 unspecified atom stereocenters. The molecule has 0 N–H and O–H groups in total. The molecule has 32 heavy (non-hydrogen) atoms. The van der Waals surface area contributed by atoms with E-state index in [0.29, 0.717) is 34.1 Å². The predicted molar refractivity (Wildman–Crippen MR) is 112 cm³/mol. The third kappa shape index (κ3) is 3.68. The first-order valence-electron chi connectivity index (χ1n) is 9.47. The number of rotatable bonds is 5. The molecule has 154 valence electrons. The highest BCUT2D eigenvalue weighted by Gasteiger charge is 2.18. The Labute approximate surface area is 181 Å². The number of aromatic nitrogens is 5. The lowest BCUT2D eigenvalue weighted by atomic mass is 10.3. The van der Waals surface area contributed by atoms with Crippen LogP contribution >= 0.6 is 0 Å². The number of hydrogen-bond donors (Lipinski definition) is 0. The maximum atomic E-state index is 14.3. The molecule has 0 amide bonds. The summed E-state index contributed by atoms with van der Waals surface area (Å²) in [7, 11) is 0. The van der Waals surface area contributed by atoms with E-state index in [2.05, 4.69) is 19.9 Å². The Morgan fingerprint density at radius 3 is 2.56 bits per heavy atom. The molecule has 0 saturated carbocycles. The molecule has 0 atom stereocenters. The van der Waals surface area contributed by atoms with Gasteiger partial charge in [-0.15, -0.1) is 0 Å². The van der Waals surface area contributed by atoms with Crippen molar-refractivity contribution in [3.8, 4) is 34.8 Å². The van der Waals surface area contributed by atoms with Crippen molar-refractivity contribution in [1.82, 2.24) is 24.7 Å². The van der Waals surface area contributed by atoms with Crippen molar-refractivity contribution < 1.29 is 14.0 Å². The molecule has 0 radical (unpaired) electrons. The van der Waals surface area contributed by atoms with Crippen molar-refractivity contribution in [2.45, 2.75) is 0 Å². The van der Waals surface area contributed by atoms with Crippen molar-refractivity contribution in [1.29, 1.82) is 5.26 Å². The summed E-state index contributed by atoms with van der Waals surface area (Å²) < 4.78 is 21.6. The van der Waals surface area contributed by atoms with Crippen molar-refractivity contribution in [3.63, 3.8) is 0 Å². The van der Waals surface area contributed by atoms with E-state index in [-0.39, 0.29) is 11.4 Å². The van der Waals surface area contributed by atoms with Gasteiger partial charge in [0.2, 0.25) is 0 Å². The normalized spacial score (nSPS) is 10.6. The maximum absolute atomic E-state index is 14.3. The van der Waals surface area contributed by atoms with Gasteiger partial charge in [-0.25, -0.2) is 19.3 Å². The number of nitrogens with zero attached hydrogens (tertiary/aromatic N) is 6. The van der Waals surface area contributed by atoms with Crippen LogP contribution in [0.3, 0.4) is 0 Å². The van der Waals surface area contributed by atoms with Crippen molar-refractivity contribution in [2.75, 3.05) is 0 Å². The van der Waals surface area contributed by atoms with Crippen LogP contribution in [-0.4, -0.2) is 24.7 Å². The molecule has 3 aromatic heterocycles. The Balaban J connectivity index is 1.60. The number of para-hydroxylation sites is 1. The van der Waals surface area contributed by atoms with E-state index in [1.54, 1.807) is 54.9 Å². The van der Waals surface area contributed by atoms with E-state index < -0.39 is 5.82 Å². The summed E-state index contributed by atoms with van der Waals surface area (Å²) in [6.07, 6.45) is 6.09. The molecule has 0 aliphatic carbocycles. The van der Waals surface area contributed by atoms with Gasteiger partial charge in [0.15, 0.2) is 17.4 Å². The average molecular weight is 424 g/mol. The van der Waals surface area contributed by atoms with Gasteiger partial charge in [-0.2, -0.15) is 9.99 Å². The lowest BCUT2D eigenvalue weighted by Crippen LogP contribution is -2.09. The molecule has 0 fully saturated rings. The monoisotopic (exact) mass is 424 g/mol. The highest BCUT2D eigenvalue weighted by Crippen LogP contribution is 2.30. The molecule has 0 bridgehead atoms. The van der Waals surface area contributed by atoms with Crippen LogP contribution in [0.5, 0.6) is 17.2 Å². The van der Waals surface area contributed by atoms with E-state index in [4.69, 9.17) is 14.8 Å². The molecule has 0 aliphatic rings. The summed E-state index contributed by atoms with van der Waals surface area (Å²) >= 11 is 0. The van der Waals surface area contributed by atoms with Crippen LogP contribution < -0.4 is 9.57 Å². The fourth-order valence-electron chi connectivity index (χ4n) is 3.03. The molecule has 2 aromatic carbocycles. The van der Waals surface area contributed by atoms with Gasteiger partial charge in [0, 0.05) is 18.5 Å². The number of imidazole rings is 1. The molecule has 3 heterocycles. The second kappa shape index (κ2) is 8.12. The SMILES string of the molecule is N#Cc1ccc(Oc2ccc3nc(-c4cnccn4)n(Oc4ccccc4F)c3c2)cn1. The topological polar surface area (TPSA) is 98.7 Å². The number of ether oxygens (including phenoxy) is 1. The maximum Gasteiger partial charge on any atom is 0.197 e. The molecule has 0 saturated heterocycles. The zero-order valence-corrected chi connectivity index (χ0v) is 16.4. The van der Waals surface area contributed by atoms with Gasteiger partial charge in [0.1, 0.15) is 34.5 Å². The standard InChI is InChI=1S/C23H13FN6O2/c24-18-3-1-2-4-22(18)32-30-21-11-16(31-17-6-5-15(12-25)28-13-17)7-8-19(21)29-23(30)20-14-26-9-10-27-20/h1-11,13-14H. The van der Waals surface area contributed by atoms with Gasteiger partial charge in [0.05, 0.1) is 17.9 Å². The molecule has 8 nitrogen and oxygen atoms in total. The van der Waals surface area contributed by atoms with E-state index in [0.717, 1.165) is 0 Å². The third-order valence-electron chi connectivity index (χ3n) is 4.49. The minimum atomic E-state index is -0.518. The van der Waals surface area contributed by atoms with Crippen LogP contribution in [0, 0.1) is 17.1 Å². The van der Waals surface area contributed by atoms with Crippen LogP contribution in [0.15, 0.2) is 79.4 Å². The first-order chi connectivity index (χ1) is 15.7. The fraction of sp³-hybridized carbons (Fsp3) is 0. The smallest absolute Gasteiger partial charge is 0.197 e. The number of fused-ring (bicyclic) bond motifs is 1. The Bertz CT molecular complexity index is 1450. The van der Waals surface area contributed by atoms with Crippen LogP contribution in [0.1, 0.15) is 5.69 Å². The van der Waals surface area contributed by atoms with Crippen molar-refractivity contribution in [2.24, 2.45) is 0 Å². The molecular weight excluding hydrogens is 411 g/mol. The van der Waals surface area contributed by atoms with Crippen molar-refractivity contribution in [3.05, 3.63) is 90.9 Å². The quantitative estimate of drug-likeness (QED) is 0.409. The summed E-state index contributed by atoms with van der Waals surface area (Å²) in [5.74, 6) is 0.801. The number of hydrogen-bond acceptors (Lipinski definition) is 7. The Kier molecular flexibility index (Phi) is 4.86. The first-order valence-corrected chi connectivity index (χ1v) is 9.47. The zero-order valence-electron chi connectivity index (χ0n) is 16.4. The molecule has 5 aromatic rings. The lowest BCUT2D eigenvalue weighted by Gasteiger charge is -2.11. The first kappa shape index (κ1) is 19.1. The van der Waals surface area contributed by atoms with Crippen LogP contribution in [-0.2, 0) is 0 Å². The van der Waals surface area contributed by atoms with Gasteiger partial charge < -0.3 is 9.57 Å². The average Bonchev–Trinajstić information content (AvgIpc) is 3.19. The van der Waals surface area contributed by atoms with Gasteiger partial charge >= 0.3 is 0 Å². The number of halogens is 1. The minimum absolute atomic E-state index is 0.0274. The molecule has 5 rings (SSSR count). The van der Waals surface area contributed by atoms with Crippen LogP contribution in [0.4, 0.5) is 4.39 Å². The Morgan fingerprint density at radius 2 is 1.81 bits per heavy atom. The van der Waals surface area contributed by atoms with Gasteiger partial charge in [-0.3, -0.25) is 4.98 Å². The Hall–Kier alpha value is -4.84. The molecule has 0 aliphatic heterocycles. The second-order valence-corrected chi connectivity index (χ2v) is 6.59. The number of pyridine rings is 1. The largest absolute Gasteiger partial charge is 0.456 e. The van der Waals surface area contributed by atoms with Crippen molar-refractivity contribution >= 4 is 11.0 Å². The second-order valence-electron chi connectivity index (χ2n) is 6.59. The van der Waals surface area contributed by atoms with E-state index in [9.17, 15) is 4.39 Å². The van der Waals surface area contributed by atoms with Crippen LogP contribution in [0.25, 0.3) is 22.6 Å². The summed E-state index contributed by atoms with van der Waals surface area (Å²) in [4.78, 5) is 22.9. The fourth-order valence-corrected chi connectivity index (χ4v) is 3.03. The highest BCUT2D eigenvalue weighted by molar-refractivity contribution is 5.81.